The highest BCUT2D eigenvalue weighted by Gasteiger charge is 2.36. The predicted octanol–water partition coefficient (Wildman–Crippen LogP) is -0.0974. The first-order chi connectivity index (χ1) is 8.00. The molecule has 1 aliphatic rings. The molecule has 0 aliphatic carbocycles. The van der Waals surface area contributed by atoms with E-state index in [0.717, 1.165) is 11.4 Å². The molecule has 2 amide bonds. The molecule has 1 atom stereocenters. The lowest BCUT2D eigenvalue weighted by Crippen LogP contribution is -2.51. The van der Waals surface area contributed by atoms with Crippen LogP contribution in [0.2, 0.25) is 0 Å². The molecule has 0 bridgehead atoms. The Morgan fingerprint density at radius 3 is 2.88 bits per heavy atom. The molecule has 2 heterocycles. The monoisotopic (exact) mass is 238 g/mol. The fraction of sp³-hybridized carbons (Fsp3) is 0.500. The number of carboxylic acid groups (broad SMARTS) is 1. The summed E-state index contributed by atoms with van der Waals surface area (Å²) in [5.41, 5.74) is 1.53. The van der Waals surface area contributed by atoms with Gasteiger partial charge in [0.2, 0.25) is 0 Å². The lowest BCUT2D eigenvalue weighted by atomic mass is 10.0. The minimum atomic E-state index is -1.01. The van der Waals surface area contributed by atoms with Crippen LogP contribution in [0.5, 0.6) is 0 Å². The van der Waals surface area contributed by atoms with Gasteiger partial charge in [-0.25, -0.2) is 14.6 Å². The van der Waals surface area contributed by atoms with Crippen LogP contribution in [-0.4, -0.2) is 57.0 Å². The average Bonchev–Trinajstić information content (AvgIpc) is 2.72. The largest absolute Gasteiger partial charge is 0.480 e. The second kappa shape index (κ2) is 4.08. The van der Waals surface area contributed by atoms with Crippen molar-refractivity contribution in [3.63, 3.8) is 0 Å². The number of amides is 2. The van der Waals surface area contributed by atoms with Gasteiger partial charge in [0.05, 0.1) is 24.3 Å². The Hall–Kier alpha value is -2.05. The summed E-state index contributed by atoms with van der Waals surface area (Å²) in [4.78, 5) is 32.8. The number of nitrogens with one attached hydrogen (secondary N) is 1. The molecule has 2 rings (SSSR count). The standard InChI is InChI=1S/C10H14N4O3/c1-13(2)10(17)14-4-7-6(11-5-12-7)3-8(14)9(15)16/h5,8H,3-4H2,1-2H3,(H,11,12)(H,15,16). The van der Waals surface area contributed by atoms with Crippen molar-refractivity contribution in [3.8, 4) is 0 Å². The van der Waals surface area contributed by atoms with Crippen LogP contribution < -0.4 is 0 Å². The number of aromatic amines is 1. The third-order valence-electron chi connectivity index (χ3n) is 2.81. The van der Waals surface area contributed by atoms with E-state index < -0.39 is 12.0 Å². The summed E-state index contributed by atoms with van der Waals surface area (Å²) in [7, 11) is 3.20. The molecule has 0 aromatic carbocycles. The van der Waals surface area contributed by atoms with Gasteiger partial charge in [-0.3, -0.25) is 0 Å². The number of rotatable bonds is 1. The van der Waals surface area contributed by atoms with E-state index in [9.17, 15) is 9.59 Å². The van der Waals surface area contributed by atoms with Crippen molar-refractivity contribution < 1.29 is 14.7 Å². The number of hydrogen-bond donors (Lipinski definition) is 2. The van der Waals surface area contributed by atoms with Gasteiger partial charge in [-0.1, -0.05) is 0 Å². The van der Waals surface area contributed by atoms with Crippen LogP contribution in [0.4, 0.5) is 4.79 Å². The number of imidazole rings is 1. The highest BCUT2D eigenvalue weighted by Crippen LogP contribution is 2.21. The Morgan fingerprint density at radius 2 is 2.29 bits per heavy atom. The Kier molecular flexibility index (Phi) is 2.74. The van der Waals surface area contributed by atoms with Crippen molar-refractivity contribution in [2.24, 2.45) is 0 Å². The van der Waals surface area contributed by atoms with Crippen LogP contribution in [0.25, 0.3) is 0 Å². The number of hydrogen-bond acceptors (Lipinski definition) is 3. The molecule has 0 radical (unpaired) electrons. The Labute approximate surface area is 98.0 Å². The van der Waals surface area contributed by atoms with Crippen LogP contribution in [0.3, 0.4) is 0 Å². The maximum absolute atomic E-state index is 11.9. The third-order valence-corrected chi connectivity index (χ3v) is 2.81. The summed E-state index contributed by atoms with van der Waals surface area (Å²) in [6.07, 6.45) is 1.76. The van der Waals surface area contributed by atoms with Crippen LogP contribution >= 0.6 is 0 Å². The Bertz CT molecular complexity index is 454. The molecule has 1 aliphatic heterocycles. The first-order valence-corrected chi connectivity index (χ1v) is 5.22. The zero-order chi connectivity index (χ0) is 12.6. The van der Waals surface area contributed by atoms with Crippen molar-refractivity contribution in [1.82, 2.24) is 19.8 Å². The zero-order valence-corrected chi connectivity index (χ0v) is 9.67. The summed E-state index contributed by atoms with van der Waals surface area (Å²) >= 11 is 0. The summed E-state index contributed by atoms with van der Waals surface area (Å²) in [5, 5.41) is 9.15. The molecule has 0 fully saturated rings. The van der Waals surface area contributed by atoms with Gasteiger partial charge in [0, 0.05) is 20.5 Å². The van der Waals surface area contributed by atoms with E-state index in [-0.39, 0.29) is 19.0 Å². The molecule has 17 heavy (non-hydrogen) atoms. The summed E-state index contributed by atoms with van der Waals surface area (Å²) < 4.78 is 0. The van der Waals surface area contributed by atoms with E-state index in [1.54, 1.807) is 14.1 Å². The minimum Gasteiger partial charge on any atom is -0.480 e. The lowest BCUT2D eigenvalue weighted by Gasteiger charge is -2.34. The molecule has 1 unspecified atom stereocenters. The van der Waals surface area contributed by atoms with Crippen molar-refractivity contribution >= 4 is 12.0 Å². The molecule has 1 aromatic heterocycles. The van der Waals surface area contributed by atoms with Gasteiger partial charge in [-0.05, 0) is 0 Å². The lowest BCUT2D eigenvalue weighted by molar-refractivity contribution is -0.142. The molecule has 1 aromatic rings. The molecule has 7 nitrogen and oxygen atoms in total. The number of urea groups is 1. The second-order valence-electron chi connectivity index (χ2n) is 4.19. The SMILES string of the molecule is CN(C)C(=O)N1Cc2[nH]cnc2CC1C(=O)O. The fourth-order valence-electron chi connectivity index (χ4n) is 1.91. The van der Waals surface area contributed by atoms with Crippen molar-refractivity contribution in [3.05, 3.63) is 17.7 Å². The summed E-state index contributed by atoms with van der Waals surface area (Å²) in [5.74, 6) is -1.01. The van der Waals surface area contributed by atoms with Gasteiger partial charge in [0.25, 0.3) is 0 Å². The molecule has 2 N–H and O–H groups in total. The zero-order valence-electron chi connectivity index (χ0n) is 9.67. The molecule has 7 heteroatoms. The highest BCUT2D eigenvalue weighted by molar-refractivity contribution is 5.83. The number of aliphatic carboxylic acids is 1. The van der Waals surface area contributed by atoms with Gasteiger partial charge >= 0.3 is 12.0 Å². The topological polar surface area (TPSA) is 89.5 Å². The van der Waals surface area contributed by atoms with Crippen LogP contribution in [0.15, 0.2) is 6.33 Å². The molecule has 0 saturated carbocycles. The van der Waals surface area contributed by atoms with E-state index >= 15 is 0 Å². The highest BCUT2D eigenvalue weighted by atomic mass is 16.4. The number of carboxylic acids is 1. The number of carbonyl (C=O) groups is 2. The number of nitrogens with zero attached hydrogens (tertiary/aromatic N) is 3. The Morgan fingerprint density at radius 1 is 1.59 bits per heavy atom. The first kappa shape index (κ1) is 11.4. The van der Waals surface area contributed by atoms with Crippen LogP contribution in [0, 0.1) is 0 Å². The Balaban J connectivity index is 2.31. The van der Waals surface area contributed by atoms with Crippen molar-refractivity contribution in [2.75, 3.05) is 14.1 Å². The maximum atomic E-state index is 11.9. The van der Waals surface area contributed by atoms with E-state index in [2.05, 4.69) is 9.97 Å². The van der Waals surface area contributed by atoms with Crippen molar-refractivity contribution in [1.29, 1.82) is 0 Å². The van der Waals surface area contributed by atoms with Gasteiger partial charge in [-0.15, -0.1) is 0 Å². The normalized spacial score (nSPS) is 18.7. The van der Waals surface area contributed by atoms with Gasteiger partial charge in [-0.2, -0.15) is 0 Å². The molecular formula is C10H14N4O3. The van der Waals surface area contributed by atoms with Gasteiger partial charge in [0.1, 0.15) is 6.04 Å². The number of H-pyrrole nitrogens is 1. The van der Waals surface area contributed by atoms with Gasteiger partial charge in [0.15, 0.2) is 0 Å². The van der Waals surface area contributed by atoms with E-state index in [1.807, 2.05) is 0 Å². The second-order valence-corrected chi connectivity index (χ2v) is 4.19. The van der Waals surface area contributed by atoms with Crippen LogP contribution in [0.1, 0.15) is 11.4 Å². The molecule has 0 spiro atoms. The fourth-order valence-corrected chi connectivity index (χ4v) is 1.91. The first-order valence-electron chi connectivity index (χ1n) is 5.22. The predicted molar refractivity (Wildman–Crippen MR) is 58.3 cm³/mol. The van der Waals surface area contributed by atoms with E-state index in [4.69, 9.17) is 5.11 Å². The molecule has 0 saturated heterocycles. The summed E-state index contributed by atoms with van der Waals surface area (Å²) in [6.45, 7) is 0.253. The maximum Gasteiger partial charge on any atom is 0.326 e. The number of fused-ring (bicyclic) bond motifs is 1. The number of carbonyl (C=O) groups excluding carboxylic acids is 1. The summed E-state index contributed by atoms with van der Waals surface area (Å²) in [6, 6.07) is -1.15. The van der Waals surface area contributed by atoms with Gasteiger partial charge < -0.3 is 19.9 Å². The van der Waals surface area contributed by atoms with Crippen molar-refractivity contribution in [2.45, 2.75) is 19.0 Å². The third kappa shape index (κ3) is 1.95. The number of aromatic nitrogens is 2. The van der Waals surface area contributed by atoms with E-state index in [0.29, 0.717) is 0 Å². The quantitative estimate of drug-likeness (QED) is 0.715. The smallest absolute Gasteiger partial charge is 0.326 e. The van der Waals surface area contributed by atoms with E-state index in [1.165, 1.54) is 16.1 Å². The molecular weight excluding hydrogens is 224 g/mol. The van der Waals surface area contributed by atoms with Crippen LogP contribution in [-0.2, 0) is 17.8 Å². The average molecular weight is 238 g/mol. The molecule has 92 valence electrons. The minimum absolute atomic E-state index is 0.244.